The molecule has 19 heavy (non-hydrogen) atoms. The molecule has 0 atom stereocenters. The molecule has 0 aromatic heterocycles. The first-order valence-electron chi connectivity index (χ1n) is 5.28. The summed E-state index contributed by atoms with van der Waals surface area (Å²) in [7, 11) is -2.09. The van der Waals surface area contributed by atoms with Crippen molar-refractivity contribution in [2.75, 3.05) is 24.7 Å². The predicted octanol–water partition coefficient (Wildman–Crippen LogP) is 0.368. The Bertz CT molecular complexity index is 585. The van der Waals surface area contributed by atoms with E-state index in [1.165, 1.54) is 19.2 Å². The van der Waals surface area contributed by atoms with Crippen LogP contribution in [0.15, 0.2) is 18.2 Å². The highest BCUT2D eigenvalue weighted by Crippen LogP contribution is 2.24. The summed E-state index contributed by atoms with van der Waals surface area (Å²) in [5, 5.41) is 13.5. The number of nitro benzene ring substituents is 1. The fraction of sp³-hybridized carbons (Fsp3) is 0.300. The second-order valence-electron chi connectivity index (χ2n) is 3.60. The predicted molar refractivity (Wildman–Crippen MR) is 69.8 cm³/mol. The van der Waals surface area contributed by atoms with E-state index < -0.39 is 14.9 Å². The number of carbonyl (C=O) groups is 1. The minimum absolute atomic E-state index is 0.0183. The highest BCUT2D eigenvalue weighted by molar-refractivity contribution is 7.89. The van der Waals surface area contributed by atoms with Gasteiger partial charge in [-0.15, -0.1) is 0 Å². The van der Waals surface area contributed by atoms with Crippen molar-refractivity contribution in [2.45, 2.75) is 0 Å². The summed E-state index contributed by atoms with van der Waals surface area (Å²) in [6.07, 6.45) is 0.502. The molecule has 9 heteroatoms. The molecule has 8 nitrogen and oxygen atoms in total. The van der Waals surface area contributed by atoms with Crippen LogP contribution in [-0.2, 0) is 10.0 Å². The molecule has 0 amide bonds. The van der Waals surface area contributed by atoms with Crippen molar-refractivity contribution in [3.63, 3.8) is 0 Å². The molecule has 0 heterocycles. The van der Waals surface area contributed by atoms with E-state index in [2.05, 4.69) is 10.0 Å². The summed E-state index contributed by atoms with van der Waals surface area (Å²) in [4.78, 5) is 20.7. The van der Waals surface area contributed by atoms with Gasteiger partial charge in [0.2, 0.25) is 10.0 Å². The lowest BCUT2D eigenvalue weighted by Gasteiger charge is -2.07. The van der Waals surface area contributed by atoms with Gasteiger partial charge in [-0.3, -0.25) is 14.9 Å². The molecule has 0 unspecified atom stereocenters. The van der Waals surface area contributed by atoms with Crippen molar-refractivity contribution < 1.29 is 18.1 Å². The second kappa shape index (κ2) is 6.25. The number of hydrogen-bond donors (Lipinski definition) is 2. The number of sulfonamides is 1. The smallest absolute Gasteiger partial charge is 0.293 e. The molecule has 1 rings (SSSR count). The number of aldehydes is 1. The van der Waals surface area contributed by atoms with Gasteiger partial charge in [0.15, 0.2) is 0 Å². The molecule has 0 fully saturated rings. The number of anilines is 1. The maximum atomic E-state index is 11.2. The average Bonchev–Trinajstić information content (AvgIpc) is 2.38. The third kappa shape index (κ3) is 4.30. The zero-order chi connectivity index (χ0) is 14.5. The van der Waals surface area contributed by atoms with Crippen molar-refractivity contribution in [1.82, 2.24) is 4.72 Å². The van der Waals surface area contributed by atoms with Crippen LogP contribution in [0.4, 0.5) is 11.4 Å². The van der Waals surface area contributed by atoms with E-state index in [4.69, 9.17) is 0 Å². The van der Waals surface area contributed by atoms with Gasteiger partial charge in [-0.05, 0) is 19.2 Å². The largest absolute Gasteiger partial charge is 0.378 e. The average molecular weight is 287 g/mol. The van der Waals surface area contributed by atoms with Crippen molar-refractivity contribution in [2.24, 2.45) is 0 Å². The maximum Gasteiger partial charge on any atom is 0.293 e. The number of nitrogens with one attached hydrogen (secondary N) is 2. The van der Waals surface area contributed by atoms with Gasteiger partial charge in [-0.2, -0.15) is 0 Å². The summed E-state index contributed by atoms with van der Waals surface area (Å²) in [6.45, 7) is 0.0183. The summed E-state index contributed by atoms with van der Waals surface area (Å²) < 4.78 is 24.5. The molecule has 1 aromatic carbocycles. The summed E-state index contributed by atoms with van der Waals surface area (Å²) in [6, 6.07) is 3.91. The minimum Gasteiger partial charge on any atom is -0.378 e. The van der Waals surface area contributed by atoms with Gasteiger partial charge in [0.05, 0.1) is 10.7 Å². The van der Waals surface area contributed by atoms with Crippen molar-refractivity contribution in [1.29, 1.82) is 0 Å². The van der Waals surface area contributed by atoms with Gasteiger partial charge >= 0.3 is 0 Å². The summed E-state index contributed by atoms with van der Waals surface area (Å²) in [5.74, 6) is -0.212. The Balaban J connectivity index is 2.84. The van der Waals surface area contributed by atoms with Crippen molar-refractivity contribution in [3.05, 3.63) is 33.9 Å². The molecular weight excluding hydrogens is 274 g/mol. The van der Waals surface area contributed by atoms with E-state index in [0.29, 0.717) is 6.29 Å². The van der Waals surface area contributed by atoms with E-state index in [9.17, 15) is 23.3 Å². The van der Waals surface area contributed by atoms with Gasteiger partial charge < -0.3 is 5.32 Å². The lowest BCUT2D eigenvalue weighted by molar-refractivity contribution is -0.384. The lowest BCUT2D eigenvalue weighted by atomic mass is 10.2. The van der Waals surface area contributed by atoms with E-state index in [0.717, 1.165) is 6.07 Å². The third-order valence-electron chi connectivity index (χ3n) is 2.35. The Labute approximate surface area is 110 Å². The Hall–Kier alpha value is -2.00. The molecule has 0 aliphatic carbocycles. The molecule has 0 bridgehead atoms. The second-order valence-corrected chi connectivity index (χ2v) is 5.65. The molecular formula is C10H13N3O5S. The third-order valence-corrected chi connectivity index (χ3v) is 3.72. The van der Waals surface area contributed by atoms with E-state index in [1.807, 2.05) is 0 Å². The van der Waals surface area contributed by atoms with Crippen LogP contribution in [0.3, 0.4) is 0 Å². The topological polar surface area (TPSA) is 118 Å². The van der Waals surface area contributed by atoms with Gasteiger partial charge in [-0.25, -0.2) is 13.1 Å². The number of nitrogens with zero attached hydrogens (tertiary/aromatic N) is 1. The molecule has 0 aliphatic rings. The fourth-order valence-corrected chi connectivity index (χ4v) is 1.92. The molecule has 104 valence electrons. The number of rotatable bonds is 7. The maximum absolute atomic E-state index is 11.2. The summed E-state index contributed by atoms with van der Waals surface area (Å²) >= 11 is 0. The fourth-order valence-electron chi connectivity index (χ4n) is 1.34. The Morgan fingerprint density at radius 2 is 2.11 bits per heavy atom. The van der Waals surface area contributed by atoms with Crippen LogP contribution in [0, 0.1) is 10.1 Å². The standard InChI is InChI=1S/C10H13N3O5S/c1-11-19(17,18)5-4-12-9-3-2-8(7-14)6-10(9)13(15)16/h2-3,6-7,11-12H,4-5H2,1H3. The van der Waals surface area contributed by atoms with Gasteiger partial charge in [0, 0.05) is 18.2 Å². The van der Waals surface area contributed by atoms with Gasteiger partial charge in [-0.1, -0.05) is 0 Å². The molecule has 0 aliphatic heterocycles. The minimum atomic E-state index is -3.37. The molecule has 0 saturated carbocycles. The Kier molecular flexibility index (Phi) is 4.95. The van der Waals surface area contributed by atoms with Crippen LogP contribution in [0.1, 0.15) is 10.4 Å². The highest BCUT2D eigenvalue weighted by Gasteiger charge is 2.15. The van der Waals surface area contributed by atoms with Crippen LogP contribution >= 0.6 is 0 Å². The van der Waals surface area contributed by atoms with Crippen LogP contribution in [-0.4, -0.2) is 39.0 Å². The number of hydrogen-bond acceptors (Lipinski definition) is 6. The molecule has 1 aromatic rings. The van der Waals surface area contributed by atoms with Crippen LogP contribution in [0.5, 0.6) is 0 Å². The first-order valence-corrected chi connectivity index (χ1v) is 6.93. The quantitative estimate of drug-likeness (QED) is 0.425. The van der Waals surface area contributed by atoms with Crippen molar-refractivity contribution in [3.8, 4) is 0 Å². The van der Waals surface area contributed by atoms with Crippen LogP contribution in [0.25, 0.3) is 0 Å². The van der Waals surface area contributed by atoms with Crippen LogP contribution in [0.2, 0.25) is 0 Å². The van der Waals surface area contributed by atoms with Gasteiger partial charge in [0.25, 0.3) is 5.69 Å². The van der Waals surface area contributed by atoms with E-state index >= 15 is 0 Å². The first-order chi connectivity index (χ1) is 8.89. The zero-order valence-corrected chi connectivity index (χ0v) is 10.9. The SMILES string of the molecule is CNS(=O)(=O)CCNc1ccc(C=O)cc1[N+](=O)[O-]. The molecule has 0 spiro atoms. The van der Waals surface area contributed by atoms with E-state index in [-0.39, 0.29) is 29.2 Å². The van der Waals surface area contributed by atoms with Crippen molar-refractivity contribution >= 4 is 27.7 Å². The first kappa shape index (κ1) is 15.1. The Morgan fingerprint density at radius 1 is 1.42 bits per heavy atom. The number of nitro groups is 1. The monoisotopic (exact) mass is 287 g/mol. The molecule has 0 saturated heterocycles. The normalized spacial score (nSPS) is 11.0. The lowest BCUT2D eigenvalue weighted by Crippen LogP contribution is -2.26. The van der Waals surface area contributed by atoms with Crippen LogP contribution < -0.4 is 10.0 Å². The number of carbonyl (C=O) groups excluding carboxylic acids is 1. The zero-order valence-electron chi connectivity index (χ0n) is 10.1. The van der Waals surface area contributed by atoms with Gasteiger partial charge in [0.1, 0.15) is 12.0 Å². The molecule has 0 radical (unpaired) electrons. The number of benzene rings is 1. The Morgan fingerprint density at radius 3 is 2.63 bits per heavy atom. The highest BCUT2D eigenvalue weighted by atomic mass is 32.2. The molecule has 2 N–H and O–H groups in total. The summed E-state index contributed by atoms with van der Waals surface area (Å²) in [5.41, 5.74) is 0.0773. The van der Waals surface area contributed by atoms with E-state index in [1.54, 1.807) is 0 Å².